The molecule has 0 aromatic heterocycles. The summed E-state index contributed by atoms with van der Waals surface area (Å²) < 4.78 is 0. The van der Waals surface area contributed by atoms with E-state index in [1.165, 1.54) is 25.9 Å². The molecule has 0 radical (unpaired) electrons. The molecule has 0 bridgehead atoms. The molecule has 0 saturated carbocycles. The van der Waals surface area contributed by atoms with Crippen LogP contribution in [0.1, 0.15) is 26.7 Å². The standard InChI is InChI=1S/C10H22N4/c1-3-12-10(11)13-8-9(2)14-6-4-5-7-14/h9H,3-8H2,1-2H3,(H3,11,12,13). The van der Waals surface area contributed by atoms with Crippen molar-refractivity contribution in [2.75, 3.05) is 26.2 Å². The fourth-order valence-corrected chi connectivity index (χ4v) is 1.77. The first-order chi connectivity index (χ1) is 6.74. The van der Waals surface area contributed by atoms with Gasteiger partial charge in [0.25, 0.3) is 0 Å². The van der Waals surface area contributed by atoms with Gasteiger partial charge in [-0.15, -0.1) is 0 Å². The van der Waals surface area contributed by atoms with E-state index in [9.17, 15) is 0 Å². The number of nitrogens with two attached hydrogens (primary N) is 1. The second-order valence-electron chi connectivity index (χ2n) is 3.85. The second kappa shape index (κ2) is 5.86. The molecule has 1 aliphatic rings. The predicted octanol–water partition coefficient (Wildman–Crippen LogP) is 0.395. The van der Waals surface area contributed by atoms with E-state index in [0.29, 0.717) is 12.0 Å². The smallest absolute Gasteiger partial charge is 0.188 e. The van der Waals surface area contributed by atoms with Crippen molar-refractivity contribution in [2.24, 2.45) is 10.7 Å². The van der Waals surface area contributed by atoms with Gasteiger partial charge in [0.15, 0.2) is 5.96 Å². The zero-order chi connectivity index (χ0) is 10.4. The van der Waals surface area contributed by atoms with Crippen LogP contribution in [0.5, 0.6) is 0 Å². The van der Waals surface area contributed by atoms with Crippen LogP contribution < -0.4 is 11.1 Å². The van der Waals surface area contributed by atoms with Crippen LogP contribution in [0.15, 0.2) is 4.99 Å². The number of aliphatic imine (C=N–C) groups is 1. The van der Waals surface area contributed by atoms with Crippen molar-refractivity contribution in [1.29, 1.82) is 0 Å². The van der Waals surface area contributed by atoms with E-state index in [-0.39, 0.29) is 0 Å². The Morgan fingerprint density at radius 3 is 2.71 bits per heavy atom. The minimum atomic E-state index is 0.523. The minimum Gasteiger partial charge on any atom is -0.370 e. The first kappa shape index (κ1) is 11.3. The third-order valence-corrected chi connectivity index (χ3v) is 2.65. The third-order valence-electron chi connectivity index (χ3n) is 2.65. The van der Waals surface area contributed by atoms with Crippen LogP contribution in [0.3, 0.4) is 0 Å². The molecule has 14 heavy (non-hydrogen) atoms. The van der Waals surface area contributed by atoms with E-state index in [1.54, 1.807) is 0 Å². The van der Waals surface area contributed by atoms with Crippen LogP contribution in [-0.4, -0.2) is 43.1 Å². The molecule has 1 atom stereocenters. The number of likely N-dealkylation sites (tertiary alicyclic amines) is 1. The van der Waals surface area contributed by atoms with Crippen molar-refractivity contribution in [3.8, 4) is 0 Å². The molecule has 1 saturated heterocycles. The summed E-state index contributed by atoms with van der Waals surface area (Å²) in [7, 11) is 0. The Bertz CT molecular complexity index is 185. The first-order valence-electron chi connectivity index (χ1n) is 5.52. The highest BCUT2D eigenvalue weighted by atomic mass is 15.2. The van der Waals surface area contributed by atoms with Crippen LogP contribution in [0, 0.1) is 0 Å². The summed E-state index contributed by atoms with van der Waals surface area (Å²) in [6.07, 6.45) is 2.66. The van der Waals surface area contributed by atoms with E-state index < -0.39 is 0 Å². The van der Waals surface area contributed by atoms with Gasteiger partial charge in [-0.1, -0.05) is 0 Å². The van der Waals surface area contributed by atoms with Crippen LogP contribution >= 0.6 is 0 Å². The Kier molecular flexibility index (Phi) is 4.73. The van der Waals surface area contributed by atoms with Crippen LogP contribution in [0.2, 0.25) is 0 Å². The summed E-state index contributed by atoms with van der Waals surface area (Å²) in [4.78, 5) is 6.77. The van der Waals surface area contributed by atoms with Crippen molar-refractivity contribution in [3.63, 3.8) is 0 Å². The van der Waals surface area contributed by atoms with Gasteiger partial charge in [-0.3, -0.25) is 9.89 Å². The molecular formula is C10H22N4. The van der Waals surface area contributed by atoms with E-state index in [0.717, 1.165) is 13.1 Å². The highest BCUT2D eigenvalue weighted by molar-refractivity contribution is 5.77. The van der Waals surface area contributed by atoms with Crippen molar-refractivity contribution >= 4 is 5.96 Å². The molecule has 0 amide bonds. The summed E-state index contributed by atoms with van der Waals surface area (Å²) in [6.45, 7) is 8.32. The highest BCUT2D eigenvalue weighted by Crippen LogP contribution is 2.11. The summed E-state index contributed by atoms with van der Waals surface area (Å²) >= 11 is 0. The van der Waals surface area contributed by atoms with Gasteiger partial charge in [0, 0.05) is 12.6 Å². The van der Waals surface area contributed by atoms with Crippen molar-refractivity contribution in [1.82, 2.24) is 10.2 Å². The largest absolute Gasteiger partial charge is 0.370 e. The lowest BCUT2D eigenvalue weighted by Crippen LogP contribution is -2.36. The maximum absolute atomic E-state index is 5.65. The summed E-state index contributed by atoms with van der Waals surface area (Å²) in [6, 6.07) is 0.523. The van der Waals surface area contributed by atoms with Gasteiger partial charge < -0.3 is 11.1 Å². The van der Waals surface area contributed by atoms with E-state index >= 15 is 0 Å². The molecule has 1 aliphatic heterocycles. The average Bonchev–Trinajstić information content (AvgIpc) is 2.67. The number of nitrogens with one attached hydrogen (secondary N) is 1. The van der Waals surface area contributed by atoms with Gasteiger partial charge in [-0.25, -0.2) is 0 Å². The van der Waals surface area contributed by atoms with E-state index in [2.05, 4.69) is 22.1 Å². The lowest BCUT2D eigenvalue weighted by atomic mass is 10.3. The molecule has 82 valence electrons. The second-order valence-corrected chi connectivity index (χ2v) is 3.85. The Morgan fingerprint density at radius 2 is 2.14 bits per heavy atom. The zero-order valence-corrected chi connectivity index (χ0v) is 9.29. The maximum Gasteiger partial charge on any atom is 0.188 e. The molecule has 1 unspecified atom stereocenters. The Hall–Kier alpha value is -0.770. The molecule has 4 nitrogen and oxygen atoms in total. The fraction of sp³-hybridized carbons (Fsp3) is 0.900. The Labute approximate surface area is 86.6 Å². The van der Waals surface area contributed by atoms with Gasteiger partial charge in [-0.2, -0.15) is 0 Å². The number of nitrogens with zero attached hydrogens (tertiary/aromatic N) is 2. The normalized spacial score (nSPS) is 21.1. The number of guanidine groups is 1. The van der Waals surface area contributed by atoms with Gasteiger partial charge in [0.05, 0.1) is 6.54 Å². The lowest BCUT2D eigenvalue weighted by Gasteiger charge is -2.21. The summed E-state index contributed by atoms with van der Waals surface area (Å²) in [5, 5.41) is 3.00. The van der Waals surface area contributed by atoms with E-state index in [4.69, 9.17) is 5.73 Å². The molecule has 1 fully saturated rings. The van der Waals surface area contributed by atoms with Crippen LogP contribution in [0.25, 0.3) is 0 Å². The monoisotopic (exact) mass is 198 g/mol. The number of rotatable bonds is 4. The molecule has 0 aromatic carbocycles. The average molecular weight is 198 g/mol. The predicted molar refractivity (Wildman–Crippen MR) is 60.4 cm³/mol. The fourth-order valence-electron chi connectivity index (χ4n) is 1.77. The van der Waals surface area contributed by atoms with Crippen LogP contribution in [0.4, 0.5) is 0 Å². The van der Waals surface area contributed by atoms with Crippen molar-refractivity contribution in [3.05, 3.63) is 0 Å². The van der Waals surface area contributed by atoms with Crippen molar-refractivity contribution in [2.45, 2.75) is 32.7 Å². The van der Waals surface area contributed by atoms with Gasteiger partial charge in [0.2, 0.25) is 0 Å². The molecule has 4 heteroatoms. The molecule has 1 heterocycles. The number of hydrogen-bond donors (Lipinski definition) is 2. The maximum atomic E-state index is 5.65. The quantitative estimate of drug-likeness (QED) is 0.508. The number of hydrogen-bond acceptors (Lipinski definition) is 2. The van der Waals surface area contributed by atoms with Crippen molar-refractivity contribution < 1.29 is 0 Å². The van der Waals surface area contributed by atoms with Crippen LogP contribution in [-0.2, 0) is 0 Å². The van der Waals surface area contributed by atoms with Gasteiger partial charge in [-0.05, 0) is 39.8 Å². The Morgan fingerprint density at radius 1 is 1.50 bits per heavy atom. The third kappa shape index (κ3) is 3.54. The molecular weight excluding hydrogens is 176 g/mol. The first-order valence-corrected chi connectivity index (χ1v) is 5.52. The summed E-state index contributed by atoms with van der Waals surface area (Å²) in [5.74, 6) is 0.568. The SMILES string of the molecule is CCNC(N)=NCC(C)N1CCCC1. The molecule has 1 rings (SSSR count). The molecule has 0 spiro atoms. The molecule has 0 aromatic rings. The molecule has 0 aliphatic carbocycles. The zero-order valence-electron chi connectivity index (χ0n) is 9.29. The van der Waals surface area contributed by atoms with Gasteiger partial charge in [0.1, 0.15) is 0 Å². The topological polar surface area (TPSA) is 53.6 Å². The molecule has 3 N–H and O–H groups in total. The Balaban J connectivity index is 2.25. The van der Waals surface area contributed by atoms with Gasteiger partial charge >= 0.3 is 0 Å². The lowest BCUT2D eigenvalue weighted by molar-refractivity contribution is 0.265. The highest BCUT2D eigenvalue weighted by Gasteiger charge is 2.17. The minimum absolute atomic E-state index is 0.523. The summed E-state index contributed by atoms with van der Waals surface area (Å²) in [5.41, 5.74) is 5.65. The van der Waals surface area contributed by atoms with E-state index in [1.807, 2.05) is 6.92 Å².